The van der Waals surface area contributed by atoms with Gasteiger partial charge >= 0.3 is 0 Å². The van der Waals surface area contributed by atoms with Crippen molar-refractivity contribution in [3.05, 3.63) is 47.0 Å². The van der Waals surface area contributed by atoms with Gasteiger partial charge in [0.25, 0.3) is 0 Å². The molecule has 0 radical (unpaired) electrons. The Hall–Kier alpha value is -1.30. The third-order valence-electron chi connectivity index (χ3n) is 11.4. The molecule has 0 amide bonds. The van der Waals surface area contributed by atoms with Crippen LogP contribution in [0.2, 0.25) is 0 Å². The maximum atomic E-state index is 15.8. The quantitative estimate of drug-likeness (QED) is 0.398. The van der Waals surface area contributed by atoms with Crippen molar-refractivity contribution < 1.29 is 24.1 Å². The molecule has 3 nitrogen and oxygen atoms in total. The van der Waals surface area contributed by atoms with Gasteiger partial charge in [-0.2, -0.15) is 0 Å². The number of aliphatic hydroxyl groups is 3. The fraction of sp³-hybridized carbons (Fsp3) is 0.742. The SMILES string of the molecule is C[C@H](CCCC(O)c1ccc(F)cc1)[C@H]1CC[C@H]2C3=C(F)C[C@H]4[C@@H](O)[C@@H](O)CC[C@]4(C)[C@H]3CC[C@]12C. The zero-order valence-electron chi connectivity index (χ0n) is 22.1. The molecule has 1 aromatic carbocycles. The topological polar surface area (TPSA) is 60.7 Å². The van der Waals surface area contributed by atoms with Gasteiger partial charge in [-0.25, -0.2) is 8.78 Å². The molecule has 4 aliphatic carbocycles. The first-order valence-electron chi connectivity index (χ1n) is 14.2. The molecule has 0 heterocycles. The second kappa shape index (κ2) is 9.78. The van der Waals surface area contributed by atoms with Gasteiger partial charge in [0, 0.05) is 6.42 Å². The van der Waals surface area contributed by atoms with Gasteiger partial charge in [0.05, 0.1) is 18.3 Å². The Kier molecular flexibility index (Phi) is 7.15. The Morgan fingerprint density at radius 2 is 1.58 bits per heavy atom. The monoisotopic (exact) mass is 502 g/mol. The van der Waals surface area contributed by atoms with Gasteiger partial charge < -0.3 is 15.3 Å². The highest BCUT2D eigenvalue weighted by Gasteiger charge is 2.61. The van der Waals surface area contributed by atoms with Crippen molar-refractivity contribution in [3.8, 4) is 0 Å². The van der Waals surface area contributed by atoms with Crippen LogP contribution in [0, 0.1) is 46.2 Å². The van der Waals surface area contributed by atoms with Crippen molar-refractivity contribution in [1.82, 2.24) is 0 Å². The number of benzene rings is 1. The number of hydrogen-bond acceptors (Lipinski definition) is 3. The Balaban J connectivity index is 1.27. The zero-order chi connectivity index (χ0) is 25.8. The second-order valence-electron chi connectivity index (χ2n) is 13.1. The molecule has 3 N–H and O–H groups in total. The molecule has 0 aromatic heterocycles. The summed E-state index contributed by atoms with van der Waals surface area (Å²) in [7, 11) is 0. The Morgan fingerprint density at radius 1 is 0.917 bits per heavy atom. The van der Waals surface area contributed by atoms with Gasteiger partial charge in [0.2, 0.25) is 0 Å². The fourth-order valence-corrected chi connectivity index (χ4v) is 9.24. The van der Waals surface area contributed by atoms with Crippen molar-refractivity contribution in [1.29, 1.82) is 0 Å². The van der Waals surface area contributed by atoms with Crippen LogP contribution < -0.4 is 0 Å². The highest BCUT2D eigenvalue weighted by Crippen LogP contribution is 2.68. The molecule has 0 saturated heterocycles. The minimum atomic E-state index is -0.828. The molecular formula is C31H44F2O3. The van der Waals surface area contributed by atoms with E-state index in [0.29, 0.717) is 24.7 Å². The van der Waals surface area contributed by atoms with Crippen LogP contribution in [0.15, 0.2) is 35.7 Å². The number of hydrogen-bond donors (Lipinski definition) is 3. The molecule has 0 spiro atoms. The molecule has 0 aliphatic heterocycles. The lowest BCUT2D eigenvalue weighted by Crippen LogP contribution is -2.55. The second-order valence-corrected chi connectivity index (χ2v) is 13.1. The smallest absolute Gasteiger partial charge is 0.123 e. The van der Waals surface area contributed by atoms with E-state index in [2.05, 4.69) is 20.8 Å². The van der Waals surface area contributed by atoms with E-state index in [4.69, 9.17) is 0 Å². The molecule has 1 aromatic rings. The molecule has 0 bridgehead atoms. The van der Waals surface area contributed by atoms with Crippen LogP contribution in [-0.2, 0) is 0 Å². The summed E-state index contributed by atoms with van der Waals surface area (Å²) < 4.78 is 29.0. The number of fused-ring (bicyclic) bond motifs is 5. The van der Waals surface area contributed by atoms with Crippen molar-refractivity contribution >= 4 is 0 Å². The molecule has 3 fully saturated rings. The van der Waals surface area contributed by atoms with E-state index in [9.17, 15) is 19.7 Å². The van der Waals surface area contributed by atoms with Gasteiger partial charge in [0.15, 0.2) is 0 Å². The van der Waals surface area contributed by atoms with Gasteiger partial charge in [0.1, 0.15) is 11.6 Å². The number of rotatable bonds is 6. The highest BCUT2D eigenvalue weighted by atomic mass is 19.1. The molecule has 1 unspecified atom stereocenters. The largest absolute Gasteiger partial charge is 0.390 e. The summed E-state index contributed by atoms with van der Waals surface area (Å²) in [5.41, 5.74) is 1.79. The van der Waals surface area contributed by atoms with Crippen LogP contribution in [0.25, 0.3) is 0 Å². The number of aliphatic hydroxyl groups excluding tert-OH is 3. The first kappa shape index (κ1) is 26.3. The molecule has 36 heavy (non-hydrogen) atoms. The Bertz CT molecular complexity index is 977. The zero-order valence-corrected chi connectivity index (χ0v) is 22.1. The van der Waals surface area contributed by atoms with E-state index in [1.165, 1.54) is 12.1 Å². The molecule has 5 rings (SSSR count). The summed E-state index contributed by atoms with van der Waals surface area (Å²) in [5.74, 6) is 1.01. The molecule has 4 aliphatic rings. The maximum Gasteiger partial charge on any atom is 0.123 e. The molecule has 5 heteroatoms. The summed E-state index contributed by atoms with van der Waals surface area (Å²) in [5, 5.41) is 31.5. The summed E-state index contributed by atoms with van der Waals surface area (Å²) in [6, 6.07) is 6.12. The lowest BCUT2D eigenvalue weighted by molar-refractivity contribution is -0.128. The molecule has 200 valence electrons. The lowest BCUT2D eigenvalue weighted by atomic mass is 9.47. The van der Waals surface area contributed by atoms with Crippen LogP contribution in [-0.4, -0.2) is 27.5 Å². The Labute approximate surface area is 215 Å². The molecule has 10 atom stereocenters. The average molecular weight is 503 g/mol. The third kappa shape index (κ3) is 4.27. The predicted octanol–water partition coefficient (Wildman–Crippen LogP) is 6.87. The van der Waals surface area contributed by atoms with E-state index in [0.717, 1.165) is 56.1 Å². The lowest BCUT2D eigenvalue weighted by Gasteiger charge is -2.59. The van der Waals surface area contributed by atoms with Crippen molar-refractivity contribution in [3.63, 3.8) is 0 Å². The third-order valence-corrected chi connectivity index (χ3v) is 11.4. The van der Waals surface area contributed by atoms with Gasteiger partial charge in [-0.1, -0.05) is 45.7 Å². The van der Waals surface area contributed by atoms with Crippen LogP contribution in [0.1, 0.15) is 96.6 Å². The van der Waals surface area contributed by atoms with E-state index < -0.39 is 18.3 Å². The van der Waals surface area contributed by atoms with Crippen molar-refractivity contribution in [2.45, 2.75) is 103 Å². The normalized spacial score (nSPS) is 41.9. The molecular weight excluding hydrogens is 458 g/mol. The maximum absolute atomic E-state index is 15.8. The van der Waals surface area contributed by atoms with E-state index >= 15 is 4.39 Å². The number of allylic oxidation sites excluding steroid dienone is 2. The highest BCUT2D eigenvalue weighted by molar-refractivity contribution is 5.31. The molecule has 3 saturated carbocycles. The standard InChI is InChI=1S/C31H44F2O3/c1-18(5-4-6-26(34)19-7-9-20(32)10-8-19)21-11-12-22-28-23(13-15-30(21,22)2)31(3)16-14-27(35)29(36)24(31)17-25(28)33/h7-10,18,21-24,26-27,29,34-36H,4-6,11-17H2,1-3H3/t18-,21-,22+,23+,24+,26?,27+,29-,30-,31-/m1/s1. The minimum Gasteiger partial charge on any atom is -0.390 e. The Morgan fingerprint density at radius 3 is 2.31 bits per heavy atom. The first-order chi connectivity index (χ1) is 17.1. The summed E-state index contributed by atoms with van der Waals surface area (Å²) in [6.45, 7) is 6.97. The van der Waals surface area contributed by atoms with Gasteiger partial charge in [-0.3, -0.25) is 0 Å². The van der Waals surface area contributed by atoms with Crippen molar-refractivity contribution in [2.24, 2.45) is 40.4 Å². The van der Waals surface area contributed by atoms with E-state index in [1.807, 2.05) is 0 Å². The van der Waals surface area contributed by atoms with Crippen LogP contribution in [0.3, 0.4) is 0 Å². The van der Waals surface area contributed by atoms with Crippen LogP contribution in [0.4, 0.5) is 8.78 Å². The first-order valence-corrected chi connectivity index (χ1v) is 14.2. The van der Waals surface area contributed by atoms with Gasteiger partial charge in [-0.15, -0.1) is 0 Å². The summed E-state index contributed by atoms with van der Waals surface area (Å²) >= 11 is 0. The van der Waals surface area contributed by atoms with Gasteiger partial charge in [-0.05, 0) is 109 Å². The summed E-state index contributed by atoms with van der Waals surface area (Å²) in [6.07, 6.45) is 6.43. The van der Waals surface area contributed by atoms with E-state index in [-0.39, 0.29) is 46.6 Å². The fourth-order valence-electron chi connectivity index (χ4n) is 9.24. The van der Waals surface area contributed by atoms with E-state index in [1.54, 1.807) is 12.1 Å². The predicted molar refractivity (Wildman–Crippen MR) is 137 cm³/mol. The van der Waals surface area contributed by atoms with Crippen LogP contribution >= 0.6 is 0 Å². The number of halogens is 2. The average Bonchev–Trinajstić information content (AvgIpc) is 3.20. The summed E-state index contributed by atoms with van der Waals surface area (Å²) in [4.78, 5) is 0. The van der Waals surface area contributed by atoms with Crippen molar-refractivity contribution in [2.75, 3.05) is 0 Å². The minimum absolute atomic E-state index is 0.00210. The van der Waals surface area contributed by atoms with Crippen LogP contribution in [0.5, 0.6) is 0 Å².